The lowest BCUT2D eigenvalue weighted by Crippen LogP contribution is -2.58. The third kappa shape index (κ3) is 6.85. The number of amidine groups is 1. The number of rotatable bonds is 7. The number of nitrogen functional groups attached to an aromatic ring is 1. The molecule has 3 atom stereocenters. The number of carbonyl (C=O) groups excluding carboxylic acids is 2. The average molecular weight is 694 g/mol. The monoisotopic (exact) mass is 693 g/mol. The fraction of sp³-hybridized carbons (Fsp3) is 0.647. The number of aromatic nitrogens is 2. The van der Waals surface area contributed by atoms with E-state index >= 15 is 0 Å². The molecule has 264 valence electrons. The van der Waals surface area contributed by atoms with Gasteiger partial charge in [-0.05, 0) is 93.2 Å². The molecule has 4 heterocycles. The fourth-order valence-corrected chi connectivity index (χ4v) is 8.62. The number of hydrogen-bond donors (Lipinski definition) is 2. The first-order chi connectivity index (χ1) is 23.1. The Balaban J connectivity index is 1.26. The van der Waals surface area contributed by atoms with Crippen molar-refractivity contribution in [2.24, 2.45) is 10.9 Å². The van der Waals surface area contributed by atoms with Gasteiger partial charge in [-0.15, -0.1) is 11.3 Å². The van der Waals surface area contributed by atoms with Crippen LogP contribution in [-0.4, -0.2) is 94.2 Å². The number of likely N-dealkylation sites (N-methyl/N-ethyl adjacent to an activating group) is 1. The second-order valence-electron chi connectivity index (χ2n) is 15.0. The van der Waals surface area contributed by atoms with Crippen LogP contribution in [-0.2, 0) is 26.2 Å². The number of nitriles is 1. The fourth-order valence-electron chi connectivity index (χ4n) is 7.43. The normalized spacial score (nSPS) is 24.3. The first-order valence-corrected chi connectivity index (χ1v) is 17.8. The van der Waals surface area contributed by atoms with Crippen LogP contribution in [0.5, 0.6) is 5.88 Å². The van der Waals surface area contributed by atoms with Gasteiger partial charge in [-0.2, -0.15) is 10.2 Å². The van der Waals surface area contributed by atoms with Crippen molar-refractivity contribution in [3.05, 3.63) is 27.9 Å². The van der Waals surface area contributed by atoms with Crippen LogP contribution >= 0.6 is 11.3 Å². The summed E-state index contributed by atoms with van der Waals surface area (Å²) in [4.78, 5) is 48.7. The van der Waals surface area contributed by atoms with Gasteiger partial charge < -0.3 is 30.7 Å². The summed E-state index contributed by atoms with van der Waals surface area (Å²) in [5, 5.41) is 14.2. The number of piperazine rings is 1. The third-order valence-electron chi connectivity index (χ3n) is 10.2. The topological polar surface area (TPSA) is 186 Å². The molecular formula is C34H47N9O5S. The van der Waals surface area contributed by atoms with Gasteiger partial charge in [-0.25, -0.2) is 14.6 Å². The Bertz CT molecular complexity index is 1690. The van der Waals surface area contributed by atoms with E-state index in [4.69, 9.17) is 30.8 Å². The molecule has 1 amide bonds. The Labute approximate surface area is 291 Å². The molecule has 4 N–H and O–H groups in total. The number of nitrogens with two attached hydrogens (primary N) is 2. The van der Waals surface area contributed by atoms with Crippen LogP contribution in [0, 0.1) is 11.3 Å². The standard InChI is InChI=1S/C34H47N9O5S/c1-20(22-9-8-14-41(22)6)46-25-17-24(42-15-16-43(34(19-42)12-13-34)31(45)47-32(2,3)4)38-29(39-25)27(36)40-48-30(44)33(5)11-7-10-23-26(33)21(18-35)28(37)49-23/h17,20,22H,7-16,19,37H2,1-6H3,(H2,36,40)/t20-,22-,33-/m0/s1. The molecule has 1 saturated carbocycles. The van der Waals surface area contributed by atoms with Crippen LogP contribution in [0.4, 0.5) is 15.6 Å². The van der Waals surface area contributed by atoms with E-state index in [0.29, 0.717) is 53.9 Å². The summed E-state index contributed by atoms with van der Waals surface area (Å²) in [5.74, 6) is 0.129. The minimum absolute atomic E-state index is 0.0543. The molecule has 0 radical (unpaired) electrons. The second kappa shape index (κ2) is 12.9. The van der Waals surface area contributed by atoms with Gasteiger partial charge in [0.05, 0.1) is 16.5 Å². The summed E-state index contributed by atoms with van der Waals surface area (Å²) >= 11 is 1.34. The van der Waals surface area contributed by atoms with Crippen molar-refractivity contribution in [3.63, 3.8) is 0 Å². The highest BCUT2D eigenvalue weighted by molar-refractivity contribution is 7.16. The Morgan fingerprint density at radius 2 is 1.94 bits per heavy atom. The second-order valence-corrected chi connectivity index (χ2v) is 16.1. The van der Waals surface area contributed by atoms with E-state index in [-0.39, 0.29) is 35.4 Å². The zero-order valence-electron chi connectivity index (χ0n) is 29.2. The van der Waals surface area contributed by atoms with Crippen molar-refractivity contribution in [3.8, 4) is 11.9 Å². The molecule has 4 aliphatic rings. The lowest BCUT2D eigenvalue weighted by Gasteiger charge is -2.42. The van der Waals surface area contributed by atoms with Gasteiger partial charge in [0.2, 0.25) is 17.5 Å². The summed E-state index contributed by atoms with van der Waals surface area (Å²) in [6, 6.07) is 4.18. The van der Waals surface area contributed by atoms with Gasteiger partial charge in [0.15, 0.2) is 0 Å². The number of nitrogens with zero attached hydrogens (tertiary/aromatic N) is 7. The smallest absolute Gasteiger partial charge is 0.410 e. The molecule has 15 heteroatoms. The molecule has 3 fully saturated rings. The SMILES string of the molecule is C[C@H](Oc1cc(N2CCN(C(=O)OC(C)(C)C)C3(CC3)C2)nc(/C(N)=N/OC(=O)[C@@]2(C)CCCc3sc(N)c(C#N)c32)n1)[C@@H]1CCCN1C. The van der Waals surface area contributed by atoms with Crippen molar-refractivity contribution in [1.29, 1.82) is 5.26 Å². The number of thiophene rings is 1. The summed E-state index contributed by atoms with van der Waals surface area (Å²) < 4.78 is 12.1. The molecule has 2 aliphatic carbocycles. The van der Waals surface area contributed by atoms with Gasteiger partial charge in [-0.1, -0.05) is 5.16 Å². The Morgan fingerprint density at radius 1 is 1.18 bits per heavy atom. The van der Waals surface area contributed by atoms with Crippen LogP contribution in [0.2, 0.25) is 0 Å². The summed E-state index contributed by atoms with van der Waals surface area (Å²) in [7, 11) is 2.09. The highest BCUT2D eigenvalue weighted by Gasteiger charge is 2.54. The number of anilines is 2. The van der Waals surface area contributed by atoms with Crippen molar-refractivity contribution < 1.29 is 23.9 Å². The minimum atomic E-state index is -1.11. The Hall–Kier alpha value is -4.16. The van der Waals surface area contributed by atoms with Crippen molar-refractivity contribution in [2.75, 3.05) is 43.9 Å². The van der Waals surface area contributed by atoms with E-state index in [0.717, 1.165) is 49.9 Å². The molecule has 0 bridgehead atoms. The zero-order chi connectivity index (χ0) is 35.3. The Kier molecular flexibility index (Phi) is 9.16. The van der Waals surface area contributed by atoms with E-state index < -0.39 is 17.0 Å². The molecule has 14 nitrogen and oxygen atoms in total. The molecule has 2 saturated heterocycles. The van der Waals surface area contributed by atoms with Crippen LogP contribution in [0.25, 0.3) is 0 Å². The average Bonchev–Trinajstić information content (AvgIpc) is 3.49. The van der Waals surface area contributed by atoms with Crippen LogP contribution < -0.4 is 21.1 Å². The van der Waals surface area contributed by atoms with Gasteiger partial charge in [0.25, 0.3) is 0 Å². The van der Waals surface area contributed by atoms with Crippen LogP contribution in [0.3, 0.4) is 0 Å². The van der Waals surface area contributed by atoms with E-state index in [1.54, 1.807) is 13.0 Å². The number of carbonyl (C=O) groups is 2. The van der Waals surface area contributed by atoms with Crippen LogP contribution in [0.1, 0.15) is 95.0 Å². The first kappa shape index (κ1) is 34.7. The van der Waals surface area contributed by atoms with Gasteiger partial charge in [0.1, 0.15) is 28.6 Å². The lowest BCUT2D eigenvalue weighted by atomic mass is 9.72. The maximum atomic E-state index is 13.6. The molecule has 0 unspecified atom stereocenters. The summed E-state index contributed by atoms with van der Waals surface area (Å²) in [5.41, 5.74) is 11.4. The Morgan fingerprint density at radius 3 is 2.59 bits per heavy atom. The number of fused-ring (bicyclic) bond motifs is 1. The zero-order valence-corrected chi connectivity index (χ0v) is 30.1. The van der Waals surface area contributed by atoms with Gasteiger partial charge in [-0.3, -0.25) is 9.80 Å². The van der Waals surface area contributed by atoms with Crippen molar-refractivity contribution >= 4 is 40.1 Å². The molecule has 6 rings (SSSR count). The van der Waals surface area contributed by atoms with Gasteiger partial charge in [0, 0.05) is 42.2 Å². The number of aryl methyl sites for hydroxylation is 1. The molecule has 49 heavy (non-hydrogen) atoms. The highest BCUT2D eigenvalue weighted by Crippen LogP contribution is 2.47. The van der Waals surface area contributed by atoms with E-state index in [1.165, 1.54) is 11.3 Å². The summed E-state index contributed by atoms with van der Waals surface area (Å²) in [6.45, 7) is 11.9. The number of likely N-dealkylation sites (tertiary alicyclic amines) is 1. The summed E-state index contributed by atoms with van der Waals surface area (Å²) in [6.07, 6.45) is 5.32. The van der Waals surface area contributed by atoms with Gasteiger partial charge >= 0.3 is 12.1 Å². The molecule has 2 aromatic heterocycles. The molecule has 0 aromatic carbocycles. The maximum absolute atomic E-state index is 13.6. The maximum Gasteiger partial charge on any atom is 0.410 e. The number of oxime groups is 1. The minimum Gasteiger partial charge on any atom is -0.473 e. The van der Waals surface area contributed by atoms with Crippen molar-refractivity contribution in [2.45, 2.75) is 108 Å². The number of hydrogen-bond acceptors (Lipinski definition) is 13. The molecular weight excluding hydrogens is 646 g/mol. The highest BCUT2D eigenvalue weighted by atomic mass is 32.1. The molecule has 1 spiro atoms. The molecule has 2 aromatic rings. The van der Waals surface area contributed by atoms with E-state index in [9.17, 15) is 14.9 Å². The first-order valence-electron chi connectivity index (χ1n) is 17.0. The number of ether oxygens (including phenoxy) is 2. The van der Waals surface area contributed by atoms with Crippen molar-refractivity contribution in [1.82, 2.24) is 19.8 Å². The largest absolute Gasteiger partial charge is 0.473 e. The predicted molar refractivity (Wildman–Crippen MR) is 185 cm³/mol. The number of amides is 1. The third-order valence-corrected chi connectivity index (χ3v) is 11.3. The lowest BCUT2D eigenvalue weighted by molar-refractivity contribution is -0.150. The quantitative estimate of drug-likeness (QED) is 0.185. The molecule has 2 aliphatic heterocycles. The van der Waals surface area contributed by atoms with E-state index in [2.05, 4.69) is 33.1 Å². The predicted octanol–water partition coefficient (Wildman–Crippen LogP) is 3.90. The van der Waals surface area contributed by atoms with E-state index in [1.807, 2.05) is 32.6 Å². The van der Waals surface area contributed by atoms with Crippen LogP contribution in [0.15, 0.2) is 11.2 Å².